The minimum atomic E-state index is -0.602. The molecule has 1 atom stereocenters. The van der Waals surface area contributed by atoms with Gasteiger partial charge in [-0.25, -0.2) is 0 Å². The van der Waals surface area contributed by atoms with Crippen molar-refractivity contribution in [2.24, 2.45) is 0 Å². The topological polar surface area (TPSA) is 26.3 Å². The summed E-state index contributed by atoms with van der Waals surface area (Å²) in [4.78, 5) is 11.4. The first-order valence-corrected chi connectivity index (χ1v) is 5.42. The Labute approximate surface area is 99.6 Å². The van der Waals surface area contributed by atoms with Crippen LogP contribution in [0.3, 0.4) is 0 Å². The summed E-state index contributed by atoms with van der Waals surface area (Å²) in [5.41, 5.74) is 0.862. The lowest BCUT2D eigenvalue weighted by Crippen LogP contribution is -2.09. The van der Waals surface area contributed by atoms with Gasteiger partial charge in [0.05, 0.1) is 0 Å². The van der Waals surface area contributed by atoms with E-state index in [4.69, 9.17) is 4.74 Å². The predicted octanol–water partition coefficient (Wildman–Crippen LogP) is 2.98. The molecule has 0 aliphatic rings. The Bertz CT molecular complexity index is 517. The maximum Gasteiger partial charge on any atom is 0.219 e. The molecule has 1 unspecified atom stereocenters. The second-order valence-electron chi connectivity index (χ2n) is 3.52. The van der Waals surface area contributed by atoms with Crippen molar-refractivity contribution in [1.82, 2.24) is 0 Å². The third-order valence-electron chi connectivity index (χ3n) is 2.57. The quantitative estimate of drug-likeness (QED) is 0.823. The lowest BCUT2D eigenvalue weighted by molar-refractivity contribution is -0.119. The third-order valence-corrected chi connectivity index (χ3v) is 2.80. The monoisotopic (exact) mass is 232 g/mol. The Hall–Kier alpha value is -1.32. The molecule has 0 bridgehead atoms. The third kappa shape index (κ3) is 1.96. The van der Waals surface area contributed by atoms with Crippen LogP contribution in [-0.2, 0) is 9.53 Å². The summed E-state index contributed by atoms with van der Waals surface area (Å²) < 4.78 is 5.18. The van der Waals surface area contributed by atoms with E-state index < -0.39 is 6.10 Å². The molecule has 0 aliphatic heterocycles. The van der Waals surface area contributed by atoms with Gasteiger partial charge in [-0.15, -0.1) is 12.6 Å². The number of carbonyl (C=O) groups is 1. The molecular formula is C13H12O2S. The van der Waals surface area contributed by atoms with Gasteiger partial charge in [-0.3, -0.25) is 4.79 Å². The van der Waals surface area contributed by atoms with Crippen molar-refractivity contribution < 1.29 is 9.53 Å². The van der Waals surface area contributed by atoms with E-state index in [1.807, 2.05) is 42.5 Å². The van der Waals surface area contributed by atoms with Crippen LogP contribution >= 0.6 is 12.6 Å². The molecule has 0 aromatic heterocycles. The SMILES string of the molecule is COC(C(=O)S)c1cccc2ccccc12. The molecule has 0 amide bonds. The van der Waals surface area contributed by atoms with Crippen molar-refractivity contribution in [2.75, 3.05) is 7.11 Å². The fraction of sp³-hybridized carbons (Fsp3) is 0.154. The van der Waals surface area contributed by atoms with Crippen molar-refractivity contribution in [3.63, 3.8) is 0 Å². The molecule has 0 spiro atoms. The van der Waals surface area contributed by atoms with E-state index in [0.717, 1.165) is 16.3 Å². The average Bonchev–Trinajstić information content (AvgIpc) is 2.30. The summed E-state index contributed by atoms with van der Waals surface area (Å²) >= 11 is 3.85. The first-order valence-electron chi connectivity index (χ1n) is 4.97. The molecule has 0 saturated carbocycles. The molecule has 16 heavy (non-hydrogen) atoms. The molecule has 2 aromatic rings. The van der Waals surface area contributed by atoms with E-state index in [0.29, 0.717) is 0 Å². The van der Waals surface area contributed by atoms with Crippen molar-refractivity contribution >= 4 is 28.5 Å². The van der Waals surface area contributed by atoms with Crippen molar-refractivity contribution in [1.29, 1.82) is 0 Å². The molecule has 82 valence electrons. The summed E-state index contributed by atoms with van der Waals surface area (Å²) in [6, 6.07) is 13.7. The van der Waals surface area contributed by atoms with E-state index in [1.54, 1.807) is 0 Å². The van der Waals surface area contributed by atoms with E-state index in [1.165, 1.54) is 7.11 Å². The van der Waals surface area contributed by atoms with Crippen molar-refractivity contribution in [3.8, 4) is 0 Å². The van der Waals surface area contributed by atoms with E-state index >= 15 is 0 Å². The van der Waals surface area contributed by atoms with Gasteiger partial charge in [0.1, 0.15) is 0 Å². The number of thiol groups is 1. The fourth-order valence-electron chi connectivity index (χ4n) is 1.84. The van der Waals surface area contributed by atoms with Crippen LogP contribution in [0.2, 0.25) is 0 Å². The minimum Gasteiger partial charge on any atom is -0.368 e. The van der Waals surface area contributed by atoms with Gasteiger partial charge < -0.3 is 4.74 Å². The molecular weight excluding hydrogens is 220 g/mol. The maximum atomic E-state index is 11.4. The second kappa shape index (κ2) is 4.68. The summed E-state index contributed by atoms with van der Waals surface area (Å²) in [5, 5.41) is 1.84. The van der Waals surface area contributed by atoms with Gasteiger partial charge in [0.2, 0.25) is 5.12 Å². The number of carbonyl (C=O) groups excluding carboxylic acids is 1. The first kappa shape index (κ1) is 11.2. The molecule has 0 aliphatic carbocycles. The highest BCUT2D eigenvalue weighted by atomic mass is 32.1. The molecule has 3 heteroatoms. The molecule has 0 radical (unpaired) electrons. The summed E-state index contributed by atoms with van der Waals surface area (Å²) in [6.07, 6.45) is -0.602. The highest BCUT2D eigenvalue weighted by Crippen LogP contribution is 2.27. The zero-order chi connectivity index (χ0) is 11.5. The predicted molar refractivity (Wildman–Crippen MR) is 67.7 cm³/mol. The molecule has 0 fully saturated rings. The second-order valence-corrected chi connectivity index (χ2v) is 3.96. The van der Waals surface area contributed by atoms with E-state index in [9.17, 15) is 4.79 Å². The summed E-state index contributed by atoms with van der Waals surface area (Å²) in [7, 11) is 1.51. The largest absolute Gasteiger partial charge is 0.368 e. The molecule has 0 saturated heterocycles. The molecule has 2 rings (SSSR count). The van der Waals surface area contributed by atoms with Gasteiger partial charge >= 0.3 is 0 Å². The molecule has 2 nitrogen and oxygen atoms in total. The van der Waals surface area contributed by atoms with Crippen LogP contribution in [0.1, 0.15) is 11.7 Å². The highest BCUT2D eigenvalue weighted by Gasteiger charge is 2.18. The fourth-order valence-corrected chi connectivity index (χ4v) is 2.08. The zero-order valence-corrected chi connectivity index (χ0v) is 9.78. The number of hydrogen-bond donors (Lipinski definition) is 1. The van der Waals surface area contributed by atoms with Crippen LogP contribution in [0, 0.1) is 0 Å². The minimum absolute atomic E-state index is 0.279. The Morgan fingerprint density at radius 1 is 1.19 bits per heavy atom. The van der Waals surface area contributed by atoms with Gasteiger partial charge in [0.25, 0.3) is 0 Å². The lowest BCUT2D eigenvalue weighted by atomic mass is 10.0. The molecule has 2 aromatic carbocycles. The number of benzene rings is 2. The van der Waals surface area contributed by atoms with Gasteiger partial charge in [-0.2, -0.15) is 0 Å². The van der Waals surface area contributed by atoms with Crippen LogP contribution in [0.4, 0.5) is 0 Å². The maximum absolute atomic E-state index is 11.4. The van der Waals surface area contributed by atoms with Crippen molar-refractivity contribution in [3.05, 3.63) is 48.0 Å². The number of hydrogen-bond acceptors (Lipinski definition) is 2. The van der Waals surface area contributed by atoms with Crippen LogP contribution in [0.25, 0.3) is 10.8 Å². The van der Waals surface area contributed by atoms with Crippen LogP contribution in [0.5, 0.6) is 0 Å². The Morgan fingerprint density at radius 2 is 1.88 bits per heavy atom. The van der Waals surface area contributed by atoms with Gasteiger partial charge in [-0.1, -0.05) is 42.5 Å². The first-order chi connectivity index (χ1) is 7.74. The Balaban J connectivity index is 2.63. The standard InChI is InChI=1S/C13H12O2S/c1-15-12(13(14)16)11-8-4-6-9-5-2-3-7-10(9)11/h2-8,12H,1H3,(H,14,16). The zero-order valence-electron chi connectivity index (χ0n) is 8.88. The normalized spacial score (nSPS) is 12.6. The van der Waals surface area contributed by atoms with E-state index in [2.05, 4.69) is 12.6 Å². The summed E-state index contributed by atoms with van der Waals surface area (Å²) in [5.74, 6) is 0. The van der Waals surface area contributed by atoms with Crippen LogP contribution in [-0.4, -0.2) is 12.2 Å². The average molecular weight is 232 g/mol. The smallest absolute Gasteiger partial charge is 0.219 e. The summed E-state index contributed by atoms with van der Waals surface area (Å²) in [6.45, 7) is 0. The van der Waals surface area contributed by atoms with Crippen LogP contribution in [0.15, 0.2) is 42.5 Å². The van der Waals surface area contributed by atoms with Gasteiger partial charge in [0.15, 0.2) is 6.10 Å². The molecule has 0 heterocycles. The Kier molecular flexibility index (Phi) is 3.27. The van der Waals surface area contributed by atoms with Crippen LogP contribution < -0.4 is 0 Å². The van der Waals surface area contributed by atoms with E-state index in [-0.39, 0.29) is 5.12 Å². The highest BCUT2D eigenvalue weighted by molar-refractivity contribution is 7.96. The van der Waals surface area contributed by atoms with Gasteiger partial charge in [-0.05, 0) is 16.3 Å². The number of methoxy groups -OCH3 is 1. The van der Waals surface area contributed by atoms with Gasteiger partial charge in [0, 0.05) is 7.11 Å². The number of fused-ring (bicyclic) bond motifs is 1. The van der Waals surface area contributed by atoms with Crippen molar-refractivity contribution in [2.45, 2.75) is 6.10 Å². The number of rotatable bonds is 3. The number of ether oxygens (including phenoxy) is 1. The Morgan fingerprint density at radius 3 is 2.56 bits per heavy atom. The molecule has 0 N–H and O–H groups in total. The lowest BCUT2D eigenvalue weighted by Gasteiger charge is -2.14.